The third-order valence-electron chi connectivity index (χ3n) is 5.31. The second-order valence-electron chi connectivity index (χ2n) is 7.42. The average Bonchev–Trinajstić information content (AvgIpc) is 2.67. The van der Waals surface area contributed by atoms with Gasteiger partial charge in [0.2, 0.25) is 0 Å². The first kappa shape index (κ1) is 17.9. The number of carbonyl (C=O) groups is 1. The molecule has 1 aliphatic heterocycles. The summed E-state index contributed by atoms with van der Waals surface area (Å²) in [5.41, 5.74) is 3.50. The molecular formula is C23H29NO. The van der Waals surface area contributed by atoms with Crippen molar-refractivity contribution in [3.8, 4) is 0 Å². The maximum absolute atomic E-state index is 13.1. The van der Waals surface area contributed by atoms with Gasteiger partial charge in [0.1, 0.15) is 0 Å². The molecule has 2 nitrogen and oxygen atoms in total. The minimum Gasteiger partial charge on any atom is -0.293 e. The molecule has 1 fully saturated rings. The molecule has 0 radical (unpaired) electrons. The van der Waals surface area contributed by atoms with Crippen LogP contribution in [0, 0.1) is 0 Å². The predicted octanol–water partition coefficient (Wildman–Crippen LogP) is 5.09. The van der Waals surface area contributed by atoms with Crippen LogP contribution in [0.15, 0.2) is 54.6 Å². The molecule has 3 rings (SSSR count). The first-order chi connectivity index (χ1) is 12.1. The van der Waals surface area contributed by atoms with Gasteiger partial charge in [-0.05, 0) is 42.9 Å². The lowest BCUT2D eigenvalue weighted by Gasteiger charge is -2.34. The minimum atomic E-state index is 0.0439. The molecule has 0 N–H and O–H groups in total. The summed E-state index contributed by atoms with van der Waals surface area (Å²) in [7, 11) is 0. The van der Waals surface area contributed by atoms with E-state index in [0.717, 1.165) is 37.9 Å². The van der Waals surface area contributed by atoms with Crippen molar-refractivity contribution in [1.29, 1.82) is 0 Å². The number of carbonyl (C=O) groups excluding carboxylic acids is 1. The minimum absolute atomic E-state index is 0.0439. The van der Waals surface area contributed by atoms with E-state index in [1.807, 2.05) is 12.1 Å². The van der Waals surface area contributed by atoms with Crippen LogP contribution in [0.5, 0.6) is 0 Å². The van der Waals surface area contributed by atoms with Gasteiger partial charge in [0.25, 0.3) is 0 Å². The fourth-order valence-electron chi connectivity index (χ4n) is 3.70. The molecule has 1 unspecified atom stereocenters. The first-order valence-corrected chi connectivity index (χ1v) is 9.57. The quantitative estimate of drug-likeness (QED) is 0.685. The van der Waals surface area contributed by atoms with Crippen LogP contribution in [0.2, 0.25) is 0 Å². The number of rotatable bonds is 6. The zero-order chi connectivity index (χ0) is 17.6. The highest BCUT2D eigenvalue weighted by Gasteiger charge is 2.29. The van der Waals surface area contributed by atoms with Gasteiger partial charge >= 0.3 is 0 Å². The van der Waals surface area contributed by atoms with E-state index in [9.17, 15) is 4.79 Å². The van der Waals surface area contributed by atoms with Gasteiger partial charge in [-0.15, -0.1) is 0 Å². The lowest BCUT2D eigenvalue weighted by molar-refractivity contribution is 0.0749. The van der Waals surface area contributed by atoms with Crippen molar-refractivity contribution < 1.29 is 4.79 Å². The molecule has 1 atom stereocenters. The Hall–Kier alpha value is -1.93. The third kappa shape index (κ3) is 4.58. The summed E-state index contributed by atoms with van der Waals surface area (Å²) in [6.07, 6.45) is 4.35. The van der Waals surface area contributed by atoms with Crippen LogP contribution in [0.3, 0.4) is 0 Å². The van der Waals surface area contributed by atoms with Gasteiger partial charge in [-0.2, -0.15) is 0 Å². The summed E-state index contributed by atoms with van der Waals surface area (Å²) in [4.78, 5) is 15.5. The van der Waals surface area contributed by atoms with E-state index in [0.29, 0.717) is 11.7 Å². The Balaban J connectivity index is 1.68. The van der Waals surface area contributed by atoms with Gasteiger partial charge in [0, 0.05) is 12.1 Å². The van der Waals surface area contributed by atoms with Gasteiger partial charge in [-0.1, -0.05) is 74.9 Å². The second kappa shape index (κ2) is 8.44. The van der Waals surface area contributed by atoms with Crippen LogP contribution in [0.25, 0.3) is 0 Å². The van der Waals surface area contributed by atoms with Crippen molar-refractivity contribution in [2.75, 3.05) is 13.1 Å². The molecule has 1 heterocycles. The van der Waals surface area contributed by atoms with Crippen LogP contribution < -0.4 is 0 Å². The second-order valence-corrected chi connectivity index (χ2v) is 7.42. The number of likely N-dealkylation sites (tertiary alicyclic amines) is 1. The van der Waals surface area contributed by atoms with Crippen molar-refractivity contribution in [3.05, 3.63) is 71.3 Å². The monoisotopic (exact) mass is 335 g/mol. The highest BCUT2D eigenvalue weighted by Crippen LogP contribution is 2.22. The van der Waals surface area contributed by atoms with Crippen LogP contribution >= 0.6 is 0 Å². The molecular weight excluding hydrogens is 306 g/mol. The molecule has 0 bridgehead atoms. The molecule has 0 saturated carbocycles. The SMILES string of the molecule is CC(C)c1ccc(C(=O)C2CCCCN2CCc2ccccc2)cc1. The highest BCUT2D eigenvalue weighted by atomic mass is 16.1. The zero-order valence-electron chi connectivity index (χ0n) is 15.4. The third-order valence-corrected chi connectivity index (χ3v) is 5.31. The van der Waals surface area contributed by atoms with Gasteiger partial charge in [0.05, 0.1) is 6.04 Å². The van der Waals surface area contributed by atoms with E-state index >= 15 is 0 Å². The standard InChI is InChI=1S/C23H29NO/c1-18(2)20-11-13-21(14-12-20)23(25)22-10-6-7-16-24(22)17-15-19-8-4-3-5-9-19/h3-5,8-9,11-14,18,22H,6-7,10,15-17H2,1-2H3. The topological polar surface area (TPSA) is 20.3 Å². The van der Waals surface area contributed by atoms with E-state index < -0.39 is 0 Å². The van der Waals surface area contributed by atoms with Crippen LogP contribution in [0.1, 0.15) is 60.5 Å². The molecule has 0 amide bonds. The average molecular weight is 335 g/mol. The molecule has 2 heteroatoms. The van der Waals surface area contributed by atoms with E-state index in [2.05, 4.69) is 61.2 Å². The normalized spacial score (nSPS) is 18.4. The molecule has 2 aromatic rings. The number of hydrogen-bond donors (Lipinski definition) is 0. The molecule has 1 aliphatic rings. The predicted molar refractivity (Wildman–Crippen MR) is 104 cm³/mol. The van der Waals surface area contributed by atoms with Crippen molar-refractivity contribution in [1.82, 2.24) is 4.90 Å². The molecule has 25 heavy (non-hydrogen) atoms. The van der Waals surface area contributed by atoms with Crippen molar-refractivity contribution in [2.45, 2.75) is 51.5 Å². The van der Waals surface area contributed by atoms with Crippen LogP contribution in [0.4, 0.5) is 0 Å². The van der Waals surface area contributed by atoms with Crippen molar-refractivity contribution >= 4 is 5.78 Å². The van der Waals surface area contributed by atoms with Crippen LogP contribution in [-0.2, 0) is 6.42 Å². The number of nitrogens with zero attached hydrogens (tertiary/aromatic N) is 1. The number of Topliss-reactive ketones (excluding diaryl/α,β-unsaturated/α-hetero) is 1. The fourth-order valence-corrected chi connectivity index (χ4v) is 3.70. The Kier molecular flexibility index (Phi) is 6.04. The Morgan fingerprint density at radius 1 is 1.04 bits per heavy atom. The number of ketones is 1. The number of benzene rings is 2. The summed E-state index contributed by atoms with van der Waals surface area (Å²) >= 11 is 0. The van der Waals surface area contributed by atoms with E-state index in [1.54, 1.807) is 0 Å². The maximum Gasteiger partial charge on any atom is 0.179 e. The van der Waals surface area contributed by atoms with Gasteiger partial charge in [-0.25, -0.2) is 0 Å². The molecule has 0 aromatic heterocycles. The number of hydrogen-bond acceptors (Lipinski definition) is 2. The van der Waals surface area contributed by atoms with E-state index in [1.165, 1.54) is 17.5 Å². The molecule has 2 aromatic carbocycles. The molecule has 1 saturated heterocycles. The Bertz CT molecular complexity index is 675. The summed E-state index contributed by atoms with van der Waals surface area (Å²) in [5.74, 6) is 0.796. The first-order valence-electron chi connectivity index (χ1n) is 9.57. The van der Waals surface area contributed by atoms with E-state index in [-0.39, 0.29) is 6.04 Å². The fraction of sp³-hybridized carbons (Fsp3) is 0.435. The Labute approximate surface area is 151 Å². The van der Waals surface area contributed by atoms with E-state index in [4.69, 9.17) is 0 Å². The largest absolute Gasteiger partial charge is 0.293 e. The lowest BCUT2D eigenvalue weighted by atomic mass is 9.92. The van der Waals surface area contributed by atoms with Gasteiger partial charge in [0.15, 0.2) is 5.78 Å². The smallest absolute Gasteiger partial charge is 0.179 e. The molecule has 132 valence electrons. The number of piperidine rings is 1. The summed E-state index contributed by atoms with van der Waals surface area (Å²) in [6.45, 7) is 6.37. The summed E-state index contributed by atoms with van der Waals surface area (Å²) in [6, 6.07) is 18.9. The lowest BCUT2D eigenvalue weighted by Crippen LogP contribution is -2.45. The van der Waals surface area contributed by atoms with Crippen LogP contribution in [-0.4, -0.2) is 29.8 Å². The van der Waals surface area contributed by atoms with Crippen molar-refractivity contribution in [2.24, 2.45) is 0 Å². The van der Waals surface area contributed by atoms with Crippen molar-refractivity contribution in [3.63, 3.8) is 0 Å². The molecule has 0 aliphatic carbocycles. The van der Waals surface area contributed by atoms with Gasteiger partial charge in [-0.3, -0.25) is 9.69 Å². The molecule has 0 spiro atoms. The summed E-state index contributed by atoms with van der Waals surface area (Å²) < 4.78 is 0. The Morgan fingerprint density at radius 2 is 1.76 bits per heavy atom. The summed E-state index contributed by atoms with van der Waals surface area (Å²) in [5, 5.41) is 0. The zero-order valence-corrected chi connectivity index (χ0v) is 15.4. The highest BCUT2D eigenvalue weighted by molar-refractivity contribution is 6.00. The Morgan fingerprint density at radius 3 is 2.44 bits per heavy atom. The van der Waals surface area contributed by atoms with Gasteiger partial charge < -0.3 is 0 Å². The maximum atomic E-state index is 13.1.